The lowest BCUT2D eigenvalue weighted by Gasteiger charge is -2.46. The van der Waals surface area contributed by atoms with Crippen molar-refractivity contribution in [3.8, 4) is 0 Å². The van der Waals surface area contributed by atoms with Crippen LogP contribution >= 0.6 is 0 Å². The zero-order valence-corrected chi connectivity index (χ0v) is 14.3. The van der Waals surface area contributed by atoms with Crippen LogP contribution in [0.15, 0.2) is 36.9 Å². The predicted octanol–water partition coefficient (Wildman–Crippen LogP) is 1.24. The van der Waals surface area contributed by atoms with Gasteiger partial charge >= 0.3 is 0 Å². The van der Waals surface area contributed by atoms with Gasteiger partial charge in [-0.05, 0) is 30.5 Å². The van der Waals surface area contributed by atoms with Crippen LogP contribution in [0.5, 0.6) is 0 Å². The highest BCUT2D eigenvalue weighted by Gasteiger charge is 2.55. The maximum Gasteiger partial charge on any atom is 0.264 e. The normalized spacial score (nSPS) is 22.4. The number of halogens is 1. The molecule has 0 unspecified atom stereocenters. The molecule has 6 nitrogen and oxygen atoms in total. The number of benzene rings is 1. The van der Waals surface area contributed by atoms with Crippen LogP contribution in [0, 0.1) is 0 Å². The number of alkyl halides is 1. The maximum atomic E-state index is 14.8. The minimum absolute atomic E-state index is 0.0489. The molecule has 0 saturated carbocycles. The SMILES string of the molecule is C=CC(=O)N1CC(F)(C(=O)N2CCC3(CC2)C(=O)Nc2ccccc23)C1. The van der Waals surface area contributed by atoms with E-state index < -0.39 is 17.0 Å². The van der Waals surface area contributed by atoms with E-state index in [2.05, 4.69) is 11.9 Å². The minimum atomic E-state index is -2.03. The van der Waals surface area contributed by atoms with E-state index >= 15 is 0 Å². The Kier molecular flexibility index (Phi) is 3.64. The number of carbonyl (C=O) groups is 3. The summed E-state index contributed by atoms with van der Waals surface area (Å²) >= 11 is 0. The third-order valence-corrected chi connectivity index (χ3v) is 5.78. The third-order valence-electron chi connectivity index (χ3n) is 5.78. The molecule has 1 aromatic rings. The van der Waals surface area contributed by atoms with Crippen LogP contribution in [-0.4, -0.2) is 59.4 Å². The number of rotatable bonds is 2. The molecule has 1 N–H and O–H groups in total. The largest absolute Gasteiger partial charge is 0.340 e. The van der Waals surface area contributed by atoms with Gasteiger partial charge in [0.1, 0.15) is 0 Å². The monoisotopic (exact) mass is 357 g/mol. The molecule has 1 spiro atoms. The summed E-state index contributed by atoms with van der Waals surface area (Å²) in [5, 5.41) is 2.91. The summed E-state index contributed by atoms with van der Waals surface area (Å²) in [5.41, 5.74) is -0.893. The van der Waals surface area contributed by atoms with Crippen molar-refractivity contribution in [2.24, 2.45) is 0 Å². The Morgan fingerprint density at radius 3 is 2.46 bits per heavy atom. The number of nitrogens with one attached hydrogen (secondary N) is 1. The van der Waals surface area contributed by atoms with Crippen molar-refractivity contribution in [2.45, 2.75) is 23.9 Å². The summed E-state index contributed by atoms with van der Waals surface area (Å²) in [6, 6.07) is 7.58. The van der Waals surface area contributed by atoms with Crippen LogP contribution in [-0.2, 0) is 19.8 Å². The Morgan fingerprint density at radius 1 is 1.15 bits per heavy atom. The molecule has 2 saturated heterocycles. The Balaban J connectivity index is 1.45. The van der Waals surface area contributed by atoms with E-state index in [4.69, 9.17) is 0 Å². The second kappa shape index (κ2) is 5.65. The van der Waals surface area contributed by atoms with Crippen LogP contribution in [0.4, 0.5) is 10.1 Å². The highest BCUT2D eigenvalue weighted by Crippen LogP contribution is 2.45. The van der Waals surface area contributed by atoms with Gasteiger partial charge < -0.3 is 15.1 Å². The standard InChI is InChI=1S/C19H20FN3O3/c1-2-15(24)23-11-19(20,12-23)17(26)22-9-7-18(8-10-22)13-5-3-4-6-14(13)21-16(18)25/h2-6H,1,7-12H2,(H,21,25). The molecule has 3 aliphatic rings. The fraction of sp³-hybridized carbons (Fsp3) is 0.421. The molecule has 4 rings (SSSR count). The fourth-order valence-corrected chi connectivity index (χ4v) is 4.22. The lowest BCUT2D eigenvalue weighted by molar-refractivity contribution is -0.163. The van der Waals surface area contributed by atoms with E-state index in [-0.39, 0.29) is 24.9 Å². The maximum absolute atomic E-state index is 14.8. The number of fused-ring (bicyclic) bond motifs is 2. The molecule has 1 aromatic carbocycles. The van der Waals surface area contributed by atoms with E-state index in [1.165, 1.54) is 9.80 Å². The Morgan fingerprint density at radius 2 is 1.81 bits per heavy atom. The number of amides is 3. The molecule has 26 heavy (non-hydrogen) atoms. The van der Waals surface area contributed by atoms with Gasteiger partial charge in [0.2, 0.25) is 17.5 Å². The van der Waals surface area contributed by atoms with E-state index in [0.717, 1.165) is 17.3 Å². The van der Waals surface area contributed by atoms with Gasteiger partial charge in [0.25, 0.3) is 5.91 Å². The first-order valence-corrected chi connectivity index (χ1v) is 8.70. The van der Waals surface area contributed by atoms with Crippen molar-refractivity contribution in [3.05, 3.63) is 42.5 Å². The summed E-state index contributed by atoms with van der Waals surface area (Å²) in [7, 11) is 0. The molecule has 2 fully saturated rings. The first-order valence-electron chi connectivity index (χ1n) is 8.70. The van der Waals surface area contributed by atoms with Crippen molar-refractivity contribution in [2.75, 3.05) is 31.5 Å². The van der Waals surface area contributed by atoms with Crippen LogP contribution in [0.25, 0.3) is 0 Å². The zero-order valence-electron chi connectivity index (χ0n) is 14.3. The molecule has 3 heterocycles. The van der Waals surface area contributed by atoms with Gasteiger partial charge in [-0.25, -0.2) is 4.39 Å². The Labute approximate surface area is 150 Å². The lowest BCUT2D eigenvalue weighted by atomic mass is 9.73. The second-order valence-corrected chi connectivity index (χ2v) is 7.24. The number of likely N-dealkylation sites (tertiary alicyclic amines) is 2. The van der Waals surface area contributed by atoms with E-state index in [1.807, 2.05) is 24.3 Å². The van der Waals surface area contributed by atoms with Gasteiger partial charge in [0.15, 0.2) is 0 Å². The smallest absolute Gasteiger partial charge is 0.264 e. The highest BCUT2D eigenvalue weighted by molar-refractivity contribution is 6.06. The van der Waals surface area contributed by atoms with Gasteiger partial charge in [0.05, 0.1) is 18.5 Å². The third kappa shape index (κ3) is 2.26. The molecule has 3 amide bonds. The van der Waals surface area contributed by atoms with Gasteiger partial charge in [0, 0.05) is 18.8 Å². The first kappa shape index (κ1) is 16.8. The minimum Gasteiger partial charge on any atom is -0.340 e. The number of carbonyl (C=O) groups excluding carboxylic acids is 3. The number of piperidine rings is 1. The zero-order chi connectivity index (χ0) is 18.5. The summed E-state index contributed by atoms with van der Waals surface area (Å²) in [6.45, 7) is 3.54. The van der Waals surface area contributed by atoms with Crippen LogP contribution in [0.3, 0.4) is 0 Å². The molecule has 7 heteroatoms. The number of nitrogens with zero attached hydrogens (tertiary/aromatic N) is 2. The average molecular weight is 357 g/mol. The van der Waals surface area contributed by atoms with Crippen molar-refractivity contribution in [1.82, 2.24) is 9.80 Å². The second-order valence-electron chi connectivity index (χ2n) is 7.24. The van der Waals surface area contributed by atoms with Crippen LogP contribution < -0.4 is 5.32 Å². The molecular weight excluding hydrogens is 337 g/mol. The van der Waals surface area contributed by atoms with E-state index in [9.17, 15) is 18.8 Å². The van der Waals surface area contributed by atoms with Gasteiger partial charge in [-0.1, -0.05) is 24.8 Å². The topological polar surface area (TPSA) is 69.7 Å². The Hall–Kier alpha value is -2.70. The lowest BCUT2D eigenvalue weighted by Crippen LogP contribution is -2.68. The van der Waals surface area contributed by atoms with E-state index in [1.54, 1.807) is 0 Å². The van der Waals surface area contributed by atoms with E-state index in [0.29, 0.717) is 25.9 Å². The predicted molar refractivity (Wildman–Crippen MR) is 93.2 cm³/mol. The summed E-state index contributed by atoms with van der Waals surface area (Å²) in [5.74, 6) is -1.01. The van der Waals surface area contributed by atoms with Crippen molar-refractivity contribution in [1.29, 1.82) is 0 Å². The van der Waals surface area contributed by atoms with Crippen molar-refractivity contribution >= 4 is 23.4 Å². The number of hydrogen-bond donors (Lipinski definition) is 1. The number of para-hydroxylation sites is 1. The fourth-order valence-electron chi connectivity index (χ4n) is 4.22. The summed E-state index contributed by atoms with van der Waals surface area (Å²) in [6.07, 6.45) is 2.05. The summed E-state index contributed by atoms with van der Waals surface area (Å²) < 4.78 is 14.8. The summed E-state index contributed by atoms with van der Waals surface area (Å²) in [4.78, 5) is 39.4. The molecule has 0 aromatic heterocycles. The van der Waals surface area contributed by atoms with Crippen LogP contribution in [0.1, 0.15) is 18.4 Å². The first-order chi connectivity index (χ1) is 12.4. The number of anilines is 1. The molecule has 0 bridgehead atoms. The number of hydrogen-bond acceptors (Lipinski definition) is 3. The van der Waals surface area contributed by atoms with Gasteiger partial charge in [-0.2, -0.15) is 0 Å². The van der Waals surface area contributed by atoms with Gasteiger partial charge in [-0.3, -0.25) is 14.4 Å². The average Bonchev–Trinajstić information content (AvgIpc) is 2.90. The molecule has 3 aliphatic heterocycles. The molecule has 0 atom stereocenters. The molecule has 136 valence electrons. The Bertz CT molecular complexity index is 808. The molecular formula is C19H20FN3O3. The molecule has 0 radical (unpaired) electrons. The molecule has 0 aliphatic carbocycles. The highest BCUT2D eigenvalue weighted by atomic mass is 19.1. The van der Waals surface area contributed by atoms with Crippen LogP contribution in [0.2, 0.25) is 0 Å². The quantitative estimate of drug-likeness (QED) is 0.810. The van der Waals surface area contributed by atoms with Gasteiger partial charge in [-0.15, -0.1) is 0 Å². The van der Waals surface area contributed by atoms with Crippen molar-refractivity contribution in [3.63, 3.8) is 0 Å². The van der Waals surface area contributed by atoms with Crippen molar-refractivity contribution < 1.29 is 18.8 Å².